The summed E-state index contributed by atoms with van der Waals surface area (Å²) in [7, 11) is 0. The molecule has 0 aromatic carbocycles. The number of carbonyl (C=O) groups is 5. The van der Waals surface area contributed by atoms with E-state index in [0.29, 0.717) is 32.4 Å². The van der Waals surface area contributed by atoms with Crippen molar-refractivity contribution in [2.45, 2.75) is 109 Å². The van der Waals surface area contributed by atoms with Crippen LogP contribution in [-0.4, -0.2) is 71.6 Å². The third-order valence-corrected chi connectivity index (χ3v) is 9.91. The van der Waals surface area contributed by atoms with Gasteiger partial charge in [-0.05, 0) is 55.3 Å². The summed E-state index contributed by atoms with van der Waals surface area (Å²) >= 11 is 0. The number of fused-ring (bicyclic) bond motifs is 1. The first-order valence-electron chi connectivity index (χ1n) is 15.1. The SMILES string of the molecule is CCOC1(OC(=O)NC(C(=O)N2CC3C(C2C(=O)NC(CC2CC2)C(=O)C(N)=O)C3(C)C)C2CCCCC2)CC1. The van der Waals surface area contributed by atoms with Crippen LogP contribution in [0.3, 0.4) is 0 Å². The van der Waals surface area contributed by atoms with Crippen molar-refractivity contribution >= 4 is 29.6 Å². The van der Waals surface area contributed by atoms with Crippen molar-refractivity contribution in [3.63, 3.8) is 0 Å². The fourth-order valence-corrected chi connectivity index (χ4v) is 7.15. The van der Waals surface area contributed by atoms with Crippen molar-refractivity contribution in [2.24, 2.45) is 34.8 Å². The summed E-state index contributed by atoms with van der Waals surface area (Å²) in [5, 5.41) is 5.65. The number of nitrogens with two attached hydrogens (primary N) is 1. The molecule has 5 aliphatic rings. The van der Waals surface area contributed by atoms with E-state index in [2.05, 4.69) is 24.5 Å². The minimum atomic E-state index is -1.07. The molecule has 40 heavy (non-hydrogen) atoms. The number of hydrogen-bond donors (Lipinski definition) is 3. The summed E-state index contributed by atoms with van der Waals surface area (Å²) in [4.78, 5) is 66.8. The molecule has 4 amide bonds. The number of amides is 4. The van der Waals surface area contributed by atoms with Gasteiger partial charge in [0.1, 0.15) is 12.1 Å². The molecule has 5 rings (SSSR count). The third-order valence-electron chi connectivity index (χ3n) is 9.91. The zero-order chi connectivity index (χ0) is 28.8. The summed E-state index contributed by atoms with van der Waals surface area (Å²) < 4.78 is 11.2. The zero-order valence-electron chi connectivity index (χ0n) is 23.9. The summed E-state index contributed by atoms with van der Waals surface area (Å²) in [6, 6.07) is -2.61. The number of ether oxygens (including phenoxy) is 2. The van der Waals surface area contributed by atoms with Crippen LogP contribution in [0, 0.1) is 29.1 Å². The fourth-order valence-electron chi connectivity index (χ4n) is 7.15. The van der Waals surface area contributed by atoms with Gasteiger partial charge in [0.05, 0.1) is 6.04 Å². The van der Waals surface area contributed by atoms with Crippen LogP contribution in [0.2, 0.25) is 0 Å². The fraction of sp³-hybridized carbons (Fsp3) is 0.828. The molecule has 0 radical (unpaired) electrons. The molecule has 5 unspecified atom stereocenters. The molecule has 5 atom stereocenters. The number of primary amides is 1. The molecule has 1 aliphatic heterocycles. The maximum absolute atomic E-state index is 14.2. The third kappa shape index (κ3) is 5.85. The molecule has 0 bridgehead atoms. The molecule has 11 nitrogen and oxygen atoms in total. The molecule has 4 saturated carbocycles. The van der Waals surface area contributed by atoms with E-state index in [1.54, 1.807) is 4.90 Å². The highest BCUT2D eigenvalue weighted by atomic mass is 16.7. The number of alkyl carbamates (subject to hydrolysis) is 1. The maximum Gasteiger partial charge on any atom is 0.410 e. The summed E-state index contributed by atoms with van der Waals surface area (Å²) in [6.45, 7) is 6.82. The highest BCUT2D eigenvalue weighted by Crippen LogP contribution is 2.65. The molecular formula is C29H44N4O7. The Hall–Kier alpha value is -2.69. The minimum Gasteiger partial charge on any atom is -0.417 e. The second-order valence-electron chi connectivity index (χ2n) is 13.1. The normalized spacial score (nSPS) is 29.5. The molecule has 1 heterocycles. The first-order valence-corrected chi connectivity index (χ1v) is 15.1. The first kappa shape index (κ1) is 28.8. The van der Waals surface area contributed by atoms with E-state index < -0.39 is 47.6 Å². The van der Waals surface area contributed by atoms with Crippen LogP contribution >= 0.6 is 0 Å². The molecule has 11 heteroatoms. The number of Topliss-reactive ketones (excluding diaryl/α,β-unsaturated/α-hetero) is 1. The number of carbonyl (C=O) groups excluding carboxylic acids is 5. The quantitative estimate of drug-likeness (QED) is 0.243. The number of nitrogens with zero attached hydrogens (tertiary/aromatic N) is 1. The van der Waals surface area contributed by atoms with Gasteiger partial charge in [0, 0.05) is 26.0 Å². The smallest absolute Gasteiger partial charge is 0.410 e. The number of likely N-dealkylation sites (tertiary alicyclic amines) is 1. The van der Waals surface area contributed by atoms with Crippen molar-refractivity contribution in [2.75, 3.05) is 13.2 Å². The van der Waals surface area contributed by atoms with Gasteiger partial charge in [-0.1, -0.05) is 46.0 Å². The zero-order valence-corrected chi connectivity index (χ0v) is 23.9. The monoisotopic (exact) mass is 560 g/mol. The van der Waals surface area contributed by atoms with Crippen molar-refractivity contribution < 1.29 is 33.4 Å². The second-order valence-corrected chi connectivity index (χ2v) is 13.1. The predicted octanol–water partition coefficient (Wildman–Crippen LogP) is 2.01. The highest BCUT2D eigenvalue weighted by Gasteiger charge is 2.70. The van der Waals surface area contributed by atoms with Crippen LogP contribution in [0.25, 0.3) is 0 Å². The molecule has 0 spiro atoms. The standard InChI is InChI=1S/C29H44N4O7/c1-4-39-29(12-13-29)40-27(38)32-21(17-8-6-5-7-9-17)26(37)33-15-18-20(28(18,2)3)22(33)25(36)31-19(14-16-10-11-16)23(34)24(30)35/h16-22H,4-15H2,1-3H3,(H2,30,35)(H,31,36)(H,32,38). The molecule has 222 valence electrons. The Labute approximate surface area is 235 Å². The van der Waals surface area contributed by atoms with Crippen LogP contribution in [0.4, 0.5) is 4.79 Å². The van der Waals surface area contributed by atoms with Gasteiger partial charge in [0.2, 0.25) is 23.4 Å². The van der Waals surface area contributed by atoms with Crippen molar-refractivity contribution in [3.8, 4) is 0 Å². The van der Waals surface area contributed by atoms with E-state index in [9.17, 15) is 24.0 Å². The lowest BCUT2D eigenvalue weighted by molar-refractivity contribution is -0.145. The lowest BCUT2D eigenvalue weighted by Crippen LogP contribution is -2.59. The van der Waals surface area contributed by atoms with Crippen LogP contribution in [0.5, 0.6) is 0 Å². The predicted molar refractivity (Wildman–Crippen MR) is 143 cm³/mol. The number of nitrogens with one attached hydrogen (secondary N) is 2. The number of hydrogen-bond acceptors (Lipinski definition) is 7. The Morgan fingerprint density at radius 2 is 1.68 bits per heavy atom. The topological polar surface area (TPSA) is 157 Å². The summed E-state index contributed by atoms with van der Waals surface area (Å²) in [5.74, 6) is -3.27. The van der Waals surface area contributed by atoms with Crippen molar-refractivity contribution in [1.29, 1.82) is 0 Å². The van der Waals surface area contributed by atoms with Crippen LogP contribution < -0.4 is 16.4 Å². The van der Waals surface area contributed by atoms with Crippen molar-refractivity contribution in [1.82, 2.24) is 15.5 Å². The second kappa shape index (κ2) is 10.9. The summed E-state index contributed by atoms with van der Waals surface area (Å²) in [5.41, 5.74) is 5.15. The van der Waals surface area contributed by atoms with Gasteiger partial charge in [-0.25, -0.2) is 4.79 Å². The minimum absolute atomic E-state index is 0.0660. The number of ketones is 1. The molecular weight excluding hydrogens is 516 g/mol. The van der Waals surface area contributed by atoms with Gasteiger partial charge >= 0.3 is 6.09 Å². The van der Waals surface area contributed by atoms with Gasteiger partial charge < -0.3 is 30.7 Å². The molecule has 4 N–H and O–H groups in total. The van der Waals surface area contributed by atoms with Gasteiger partial charge in [-0.2, -0.15) is 0 Å². The number of rotatable bonds is 12. The van der Waals surface area contributed by atoms with E-state index in [1.165, 1.54) is 0 Å². The number of piperidine rings is 1. The summed E-state index contributed by atoms with van der Waals surface area (Å²) in [6.07, 6.45) is 7.42. The van der Waals surface area contributed by atoms with E-state index in [-0.39, 0.29) is 35.0 Å². The van der Waals surface area contributed by atoms with E-state index in [1.807, 2.05) is 6.92 Å². The van der Waals surface area contributed by atoms with Gasteiger partial charge in [-0.15, -0.1) is 0 Å². The van der Waals surface area contributed by atoms with Crippen LogP contribution in [0.1, 0.15) is 85.0 Å². The molecule has 0 aromatic heterocycles. The van der Waals surface area contributed by atoms with Gasteiger partial charge in [0.15, 0.2) is 0 Å². The van der Waals surface area contributed by atoms with E-state index in [4.69, 9.17) is 15.2 Å². The van der Waals surface area contributed by atoms with Gasteiger partial charge in [-0.3, -0.25) is 19.2 Å². The van der Waals surface area contributed by atoms with Crippen molar-refractivity contribution in [3.05, 3.63) is 0 Å². The van der Waals surface area contributed by atoms with Gasteiger partial charge in [0.25, 0.3) is 5.91 Å². The Balaban J connectivity index is 1.34. The Kier molecular flexibility index (Phi) is 7.89. The lowest BCUT2D eigenvalue weighted by Gasteiger charge is -2.37. The molecule has 4 aliphatic carbocycles. The average molecular weight is 561 g/mol. The van der Waals surface area contributed by atoms with Crippen LogP contribution in [-0.2, 0) is 28.7 Å². The largest absolute Gasteiger partial charge is 0.417 e. The molecule has 5 fully saturated rings. The lowest BCUT2D eigenvalue weighted by atomic mass is 9.83. The Morgan fingerprint density at radius 1 is 1.00 bits per heavy atom. The average Bonchev–Trinajstić information content (AvgIpc) is 3.87. The first-order chi connectivity index (χ1) is 19.0. The molecule has 0 aromatic rings. The van der Waals surface area contributed by atoms with E-state index >= 15 is 0 Å². The molecule has 1 saturated heterocycles. The van der Waals surface area contributed by atoms with Crippen LogP contribution in [0.15, 0.2) is 0 Å². The van der Waals surface area contributed by atoms with E-state index in [0.717, 1.165) is 44.9 Å². The Bertz CT molecular complexity index is 1050. The Morgan fingerprint density at radius 3 is 2.25 bits per heavy atom. The highest BCUT2D eigenvalue weighted by molar-refractivity contribution is 6.37. The maximum atomic E-state index is 14.2.